The van der Waals surface area contributed by atoms with E-state index in [4.69, 9.17) is 0 Å². The van der Waals surface area contributed by atoms with Crippen molar-refractivity contribution in [3.05, 3.63) is 84.2 Å². The van der Waals surface area contributed by atoms with Gasteiger partial charge in [-0.25, -0.2) is 9.97 Å². The summed E-state index contributed by atoms with van der Waals surface area (Å²) in [5.41, 5.74) is 2.34. The summed E-state index contributed by atoms with van der Waals surface area (Å²) in [6, 6.07) is 18.7. The van der Waals surface area contributed by atoms with Gasteiger partial charge >= 0.3 is 0 Å². The van der Waals surface area contributed by atoms with Crippen LogP contribution in [0.3, 0.4) is 0 Å². The molecule has 1 amide bonds. The number of aromatic nitrogens is 2. The number of benzene rings is 2. The van der Waals surface area contributed by atoms with Crippen LogP contribution in [0.25, 0.3) is 0 Å². The molecule has 1 aliphatic heterocycles. The minimum atomic E-state index is -0.516. The maximum absolute atomic E-state index is 13.1. The molecule has 2 aromatic carbocycles. The first-order chi connectivity index (χ1) is 13.2. The molecule has 1 aliphatic rings. The molecule has 0 bridgehead atoms. The van der Waals surface area contributed by atoms with E-state index < -0.39 is 6.10 Å². The second-order valence-corrected chi connectivity index (χ2v) is 6.55. The summed E-state index contributed by atoms with van der Waals surface area (Å²) in [4.78, 5) is 23.2. The standard InChI is InChI=1S/C21H20N4O2/c26-18-13-19(15-6-2-1-3-7-15)25(14-18)20(27)16-8-4-9-17(12-16)24-21-22-10-5-11-23-21/h1-12,18-19,26H,13-14H2,(H,22,23,24). The van der Waals surface area contributed by atoms with Crippen molar-refractivity contribution in [2.24, 2.45) is 0 Å². The molecule has 0 saturated carbocycles. The third kappa shape index (κ3) is 3.80. The number of aliphatic hydroxyl groups is 1. The number of hydrogen-bond donors (Lipinski definition) is 2. The fourth-order valence-electron chi connectivity index (χ4n) is 3.42. The lowest BCUT2D eigenvalue weighted by Crippen LogP contribution is -2.31. The summed E-state index contributed by atoms with van der Waals surface area (Å²) >= 11 is 0. The fourth-order valence-corrected chi connectivity index (χ4v) is 3.42. The highest BCUT2D eigenvalue weighted by atomic mass is 16.3. The summed E-state index contributed by atoms with van der Waals surface area (Å²) in [6.07, 6.45) is 3.34. The number of anilines is 2. The zero-order valence-corrected chi connectivity index (χ0v) is 14.7. The van der Waals surface area contributed by atoms with Crippen LogP contribution >= 0.6 is 0 Å². The Morgan fingerprint density at radius 2 is 1.81 bits per heavy atom. The SMILES string of the molecule is O=C(c1cccc(Nc2ncccn2)c1)N1CC(O)CC1c1ccccc1. The number of hydrogen-bond acceptors (Lipinski definition) is 5. The third-order valence-electron chi connectivity index (χ3n) is 4.66. The zero-order valence-electron chi connectivity index (χ0n) is 14.7. The smallest absolute Gasteiger partial charge is 0.254 e. The average Bonchev–Trinajstić information content (AvgIpc) is 3.11. The van der Waals surface area contributed by atoms with Crippen molar-refractivity contribution < 1.29 is 9.90 Å². The fraction of sp³-hybridized carbons (Fsp3) is 0.190. The first-order valence-electron chi connectivity index (χ1n) is 8.89. The summed E-state index contributed by atoms with van der Waals surface area (Å²) in [6.45, 7) is 0.331. The maximum atomic E-state index is 13.1. The van der Waals surface area contributed by atoms with Crippen molar-refractivity contribution >= 4 is 17.5 Å². The van der Waals surface area contributed by atoms with Gasteiger partial charge in [-0.1, -0.05) is 36.4 Å². The van der Waals surface area contributed by atoms with Crippen LogP contribution in [-0.2, 0) is 0 Å². The Hall–Kier alpha value is -3.25. The Kier molecular flexibility index (Phi) is 4.80. The van der Waals surface area contributed by atoms with E-state index in [1.807, 2.05) is 42.5 Å². The second kappa shape index (κ2) is 7.55. The Balaban J connectivity index is 1.57. The number of aliphatic hydroxyl groups excluding tert-OH is 1. The van der Waals surface area contributed by atoms with Gasteiger partial charge in [0, 0.05) is 30.2 Å². The molecule has 6 heteroatoms. The Morgan fingerprint density at radius 3 is 2.59 bits per heavy atom. The minimum Gasteiger partial charge on any atom is -0.391 e. The quantitative estimate of drug-likeness (QED) is 0.747. The Morgan fingerprint density at radius 1 is 1.04 bits per heavy atom. The summed E-state index contributed by atoms with van der Waals surface area (Å²) < 4.78 is 0. The first-order valence-corrected chi connectivity index (χ1v) is 8.89. The predicted octanol–water partition coefficient (Wildman–Crippen LogP) is 3.17. The molecule has 1 saturated heterocycles. The van der Waals surface area contributed by atoms with Crippen molar-refractivity contribution in [1.29, 1.82) is 0 Å². The highest BCUT2D eigenvalue weighted by molar-refractivity contribution is 5.95. The van der Waals surface area contributed by atoms with E-state index in [0.29, 0.717) is 24.5 Å². The molecule has 6 nitrogen and oxygen atoms in total. The van der Waals surface area contributed by atoms with E-state index in [1.54, 1.807) is 35.5 Å². The molecule has 0 aliphatic carbocycles. The van der Waals surface area contributed by atoms with E-state index in [1.165, 1.54) is 0 Å². The maximum Gasteiger partial charge on any atom is 0.254 e. The highest BCUT2D eigenvalue weighted by Crippen LogP contribution is 2.33. The molecular formula is C21H20N4O2. The van der Waals surface area contributed by atoms with Crippen molar-refractivity contribution in [2.75, 3.05) is 11.9 Å². The molecule has 1 fully saturated rings. The van der Waals surface area contributed by atoms with Gasteiger partial charge < -0.3 is 15.3 Å². The van der Waals surface area contributed by atoms with E-state index in [9.17, 15) is 9.90 Å². The van der Waals surface area contributed by atoms with Crippen molar-refractivity contribution in [3.63, 3.8) is 0 Å². The lowest BCUT2D eigenvalue weighted by molar-refractivity contribution is 0.0716. The molecule has 2 N–H and O–H groups in total. The first kappa shape index (κ1) is 17.2. The number of β-amino-alcohol motifs (C(OH)–C–C–N with tert-alkyl or cyclic N) is 1. The van der Waals surface area contributed by atoms with Gasteiger partial charge in [0.1, 0.15) is 0 Å². The van der Waals surface area contributed by atoms with Gasteiger partial charge in [-0.15, -0.1) is 0 Å². The summed E-state index contributed by atoms with van der Waals surface area (Å²) in [7, 11) is 0. The van der Waals surface area contributed by atoms with Crippen LogP contribution in [0.15, 0.2) is 73.1 Å². The van der Waals surface area contributed by atoms with Crippen molar-refractivity contribution in [3.8, 4) is 0 Å². The third-order valence-corrected chi connectivity index (χ3v) is 4.66. The molecule has 2 atom stereocenters. The predicted molar refractivity (Wildman–Crippen MR) is 103 cm³/mol. The van der Waals surface area contributed by atoms with Crippen LogP contribution in [0.2, 0.25) is 0 Å². The van der Waals surface area contributed by atoms with Crippen LogP contribution in [-0.4, -0.2) is 38.5 Å². The molecular weight excluding hydrogens is 340 g/mol. The highest BCUT2D eigenvalue weighted by Gasteiger charge is 2.35. The molecule has 1 aromatic heterocycles. The average molecular weight is 360 g/mol. The lowest BCUT2D eigenvalue weighted by atomic mass is 10.0. The Labute approximate surface area is 157 Å². The van der Waals surface area contributed by atoms with Gasteiger partial charge in [-0.3, -0.25) is 4.79 Å². The number of rotatable bonds is 4. The molecule has 136 valence electrons. The zero-order chi connectivity index (χ0) is 18.6. The summed E-state index contributed by atoms with van der Waals surface area (Å²) in [5, 5.41) is 13.3. The number of nitrogens with one attached hydrogen (secondary N) is 1. The second-order valence-electron chi connectivity index (χ2n) is 6.55. The number of carbonyl (C=O) groups is 1. The molecule has 0 radical (unpaired) electrons. The topological polar surface area (TPSA) is 78.4 Å². The van der Waals surface area contributed by atoms with Crippen molar-refractivity contribution in [1.82, 2.24) is 14.9 Å². The van der Waals surface area contributed by atoms with Gasteiger partial charge in [-0.2, -0.15) is 0 Å². The number of likely N-dealkylation sites (tertiary alicyclic amines) is 1. The molecule has 4 rings (SSSR count). The number of amides is 1. The molecule has 2 unspecified atom stereocenters. The normalized spacial score (nSPS) is 19.1. The number of carbonyl (C=O) groups excluding carboxylic acids is 1. The van der Waals surface area contributed by atoms with Gasteiger partial charge in [0.2, 0.25) is 5.95 Å². The van der Waals surface area contributed by atoms with Crippen LogP contribution in [0.5, 0.6) is 0 Å². The van der Waals surface area contributed by atoms with E-state index in [2.05, 4.69) is 15.3 Å². The monoisotopic (exact) mass is 360 g/mol. The van der Waals surface area contributed by atoms with Crippen LogP contribution in [0, 0.1) is 0 Å². The van der Waals surface area contributed by atoms with Gasteiger partial charge in [0.05, 0.1) is 12.1 Å². The van der Waals surface area contributed by atoms with Crippen LogP contribution in [0.4, 0.5) is 11.6 Å². The van der Waals surface area contributed by atoms with Crippen LogP contribution in [0.1, 0.15) is 28.4 Å². The van der Waals surface area contributed by atoms with Crippen LogP contribution < -0.4 is 5.32 Å². The number of nitrogens with zero attached hydrogens (tertiary/aromatic N) is 3. The molecule has 0 spiro atoms. The largest absolute Gasteiger partial charge is 0.391 e. The van der Waals surface area contributed by atoms with Gasteiger partial charge in [-0.05, 0) is 36.2 Å². The lowest BCUT2D eigenvalue weighted by Gasteiger charge is -2.25. The summed E-state index contributed by atoms with van der Waals surface area (Å²) in [5.74, 6) is 0.374. The van der Waals surface area contributed by atoms with E-state index in [-0.39, 0.29) is 11.9 Å². The Bertz CT molecular complexity index is 918. The molecule has 27 heavy (non-hydrogen) atoms. The minimum absolute atomic E-state index is 0.0990. The van der Waals surface area contributed by atoms with Gasteiger partial charge in [0.15, 0.2) is 0 Å². The van der Waals surface area contributed by atoms with E-state index >= 15 is 0 Å². The molecule has 3 aromatic rings. The van der Waals surface area contributed by atoms with E-state index in [0.717, 1.165) is 11.3 Å². The van der Waals surface area contributed by atoms with Crippen molar-refractivity contribution in [2.45, 2.75) is 18.6 Å². The van der Waals surface area contributed by atoms with Gasteiger partial charge in [0.25, 0.3) is 5.91 Å². The molecule has 2 heterocycles.